The summed E-state index contributed by atoms with van der Waals surface area (Å²) in [5, 5.41) is 7.80. The van der Waals surface area contributed by atoms with Gasteiger partial charge in [0.25, 0.3) is 0 Å². The van der Waals surface area contributed by atoms with Crippen LogP contribution in [-0.4, -0.2) is 0 Å². The monoisotopic (exact) mass is 811 g/mol. The van der Waals surface area contributed by atoms with Crippen LogP contribution in [0, 0.1) is 0 Å². The lowest BCUT2D eigenvalue weighted by Gasteiger charge is -2.26. The lowest BCUT2D eigenvalue weighted by atomic mass is 9.97. The molecule has 0 aliphatic rings. The van der Waals surface area contributed by atoms with Crippen LogP contribution in [0.2, 0.25) is 0 Å². The van der Waals surface area contributed by atoms with E-state index in [0.29, 0.717) is 0 Å². The van der Waals surface area contributed by atoms with Gasteiger partial charge >= 0.3 is 0 Å². The summed E-state index contributed by atoms with van der Waals surface area (Å²) < 4.78 is 5.29. The summed E-state index contributed by atoms with van der Waals surface area (Å²) in [5.41, 5.74) is 13.0. The number of nitrogens with zero attached hydrogens (tertiary/aromatic N) is 1. The van der Waals surface area contributed by atoms with Gasteiger partial charge in [0.1, 0.15) is 0 Å². The third-order valence-electron chi connectivity index (χ3n) is 12.1. The van der Waals surface area contributed by atoms with Gasteiger partial charge in [0, 0.05) is 57.4 Å². The lowest BCUT2D eigenvalue weighted by molar-refractivity contribution is 1.28. The molecule has 0 aliphatic heterocycles. The third-order valence-corrected chi connectivity index (χ3v) is 14.4. The highest BCUT2D eigenvalue weighted by molar-refractivity contribution is 7.26. The van der Waals surface area contributed by atoms with E-state index in [9.17, 15) is 0 Å². The fourth-order valence-corrected chi connectivity index (χ4v) is 11.2. The Morgan fingerprint density at radius 2 is 0.738 bits per heavy atom. The van der Waals surface area contributed by atoms with Crippen molar-refractivity contribution in [1.29, 1.82) is 0 Å². The molecule has 0 radical (unpaired) electrons. The van der Waals surface area contributed by atoms with Crippen molar-refractivity contribution in [3.05, 3.63) is 224 Å². The summed E-state index contributed by atoms with van der Waals surface area (Å²) in [5.74, 6) is 0. The first-order valence-electron chi connectivity index (χ1n) is 20.7. The van der Waals surface area contributed by atoms with Crippen LogP contribution < -0.4 is 4.90 Å². The van der Waals surface area contributed by atoms with Crippen LogP contribution in [0.15, 0.2) is 224 Å². The second-order valence-electron chi connectivity index (χ2n) is 15.7. The quantitative estimate of drug-likeness (QED) is 0.155. The molecular formula is C58H37NS2. The van der Waals surface area contributed by atoms with E-state index in [4.69, 9.17) is 0 Å². The zero-order chi connectivity index (χ0) is 40.3. The van der Waals surface area contributed by atoms with Crippen molar-refractivity contribution >= 4 is 90.9 Å². The maximum absolute atomic E-state index is 2.37. The molecule has 0 N–H and O–H groups in total. The van der Waals surface area contributed by atoms with Crippen molar-refractivity contribution in [2.45, 2.75) is 0 Å². The Hall–Kier alpha value is -7.30. The highest BCUT2D eigenvalue weighted by Crippen LogP contribution is 2.43. The molecule has 10 aromatic carbocycles. The van der Waals surface area contributed by atoms with Crippen LogP contribution in [0.1, 0.15) is 0 Å². The minimum Gasteiger partial charge on any atom is -0.311 e. The molecular weight excluding hydrogens is 775 g/mol. The molecule has 0 bridgehead atoms. The van der Waals surface area contributed by atoms with Gasteiger partial charge < -0.3 is 4.90 Å². The normalized spacial score (nSPS) is 11.6. The summed E-state index contributed by atoms with van der Waals surface area (Å²) in [4.78, 5) is 2.37. The molecule has 0 saturated carbocycles. The molecule has 0 amide bonds. The largest absolute Gasteiger partial charge is 0.311 e. The first-order chi connectivity index (χ1) is 30.2. The topological polar surface area (TPSA) is 3.24 Å². The van der Waals surface area contributed by atoms with Crippen molar-refractivity contribution < 1.29 is 0 Å². The molecule has 2 aromatic heterocycles. The maximum Gasteiger partial charge on any atom is 0.0462 e. The highest BCUT2D eigenvalue weighted by atomic mass is 32.1. The summed E-state index contributed by atoms with van der Waals surface area (Å²) in [6.07, 6.45) is 0. The van der Waals surface area contributed by atoms with Gasteiger partial charge in [-0.05, 0) is 134 Å². The van der Waals surface area contributed by atoms with Crippen LogP contribution in [-0.2, 0) is 0 Å². The van der Waals surface area contributed by atoms with Crippen LogP contribution in [0.5, 0.6) is 0 Å². The first kappa shape index (κ1) is 35.6. The van der Waals surface area contributed by atoms with Crippen LogP contribution in [0.4, 0.5) is 17.1 Å². The van der Waals surface area contributed by atoms with E-state index >= 15 is 0 Å². The highest BCUT2D eigenvalue weighted by Gasteiger charge is 2.16. The Bertz CT molecular complexity index is 3580. The minimum atomic E-state index is 1.10. The molecule has 0 spiro atoms. The summed E-state index contributed by atoms with van der Waals surface area (Å²) >= 11 is 3.73. The van der Waals surface area contributed by atoms with Crippen LogP contribution in [0.25, 0.3) is 95.6 Å². The van der Waals surface area contributed by atoms with Gasteiger partial charge in [-0.2, -0.15) is 0 Å². The molecule has 3 heteroatoms. The Morgan fingerprint density at radius 3 is 1.46 bits per heavy atom. The molecule has 0 aliphatic carbocycles. The number of benzene rings is 10. The number of rotatable bonds is 7. The number of fused-ring (bicyclic) bond motifs is 7. The second-order valence-corrected chi connectivity index (χ2v) is 17.9. The number of hydrogen-bond acceptors (Lipinski definition) is 3. The Kier molecular flexibility index (Phi) is 8.62. The van der Waals surface area contributed by atoms with E-state index in [2.05, 4.69) is 229 Å². The Labute approximate surface area is 362 Å². The number of hydrogen-bond donors (Lipinski definition) is 0. The SMILES string of the molecule is c1cc(-c2ccc(N(c3ccc(-c4ccc5sc6ccccc6c5c4)cc3)c3ccc(-c4cccc5sc6ccccc6c45)cc3)cc2)cc(-c2ccc3ccccc3c2)c1. The van der Waals surface area contributed by atoms with Gasteiger partial charge in [-0.3, -0.25) is 0 Å². The average Bonchev–Trinajstić information content (AvgIpc) is 3.91. The van der Waals surface area contributed by atoms with Gasteiger partial charge in [-0.25, -0.2) is 0 Å². The van der Waals surface area contributed by atoms with E-state index in [1.165, 1.54) is 95.6 Å². The van der Waals surface area contributed by atoms with E-state index < -0.39 is 0 Å². The third kappa shape index (κ3) is 6.38. The standard InChI is InChI=1S/C58H37NS2/c1-2-10-42-36-45(20-19-38(42)9-1)44-12-7-11-43(35-44)39-21-28-47(29-22-39)59(48-30-23-40(24-31-48)46-27-34-56-53(37-46)51-13-3-5-16-54(51)60-56)49-32-25-41(26-33-49)50-15-8-18-57-58(50)52-14-4-6-17-55(52)61-57/h1-37H. The van der Waals surface area contributed by atoms with Gasteiger partial charge in [0.2, 0.25) is 0 Å². The van der Waals surface area contributed by atoms with E-state index in [1.807, 2.05) is 22.7 Å². The lowest BCUT2D eigenvalue weighted by Crippen LogP contribution is -2.09. The van der Waals surface area contributed by atoms with Gasteiger partial charge in [-0.1, -0.05) is 146 Å². The maximum atomic E-state index is 2.37. The molecule has 12 rings (SSSR count). The molecule has 61 heavy (non-hydrogen) atoms. The van der Waals surface area contributed by atoms with Crippen molar-refractivity contribution in [2.24, 2.45) is 0 Å². The van der Waals surface area contributed by atoms with Gasteiger partial charge in [-0.15, -0.1) is 22.7 Å². The molecule has 286 valence electrons. The summed E-state index contributed by atoms with van der Waals surface area (Å²) in [7, 11) is 0. The van der Waals surface area contributed by atoms with Crippen LogP contribution in [0.3, 0.4) is 0 Å². The summed E-state index contributed by atoms with van der Waals surface area (Å²) in [6.45, 7) is 0. The van der Waals surface area contributed by atoms with Crippen molar-refractivity contribution in [2.75, 3.05) is 4.90 Å². The second kappa shape index (κ2) is 14.8. The number of thiophene rings is 2. The Balaban J connectivity index is 0.918. The average molecular weight is 812 g/mol. The molecule has 12 aromatic rings. The molecule has 2 heterocycles. The van der Waals surface area contributed by atoms with E-state index in [1.54, 1.807) is 0 Å². The molecule has 0 fully saturated rings. The molecule has 0 unspecified atom stereocenters. The van der Waals surface area contributed by atoms with E-state index in [0.717, 1.165) is 17.1 Å². The fraction of sp³-hybridized carbons (Fsp3) is 0. The number of anilines is 3. The molecule has 1 nitrogen and oxygen atoms in total. The minimum absolute atomic E-state index is 1.10. The zero-order valence-electron chi connectivity index (χ0n) is 33.1. The first-order valence-corrected chi connectivity index (χ1v) is 22.4. The van der Waals surface area contributed by atoms with Gasteiger partial charge in [0.15, 0.2) is 0 Å². The van der Waals surface area contributed by atoms with Crippen molar-refractivity contribution in [3.63, 3.8) is 0 Å². The van der Waals surface area contributed by atoms with Crippen LogP contribution >= 0.6 is 22.7 Å². The van der Waals surface area contributed by atoms with E-state index in [-0.39, 0.29) is 0 Å². The Morgan fingerprint density at radius 1 is 0.262 bits per heavy atom. The predicted octanol–water partition coefficient (Wildman–Crippen LogP) is 17.7. The zero-order valence-corrected chi connectivity index (χ0v) is 34.8. The summed E-state index contributed by atoms with van der Waals surface area (Å²) in [6, 6.07) is 82.4. The van der Waals surface area contributed by atoms with Crippen molar-refractivity contribution in [3.8, 4) is 44.5 Å². The fourth-order valence-electron chi connectivity index (χ4n) is 9.01. The molecule has 0 saturated heterocycles. The smallest absolute Gasteiger partial charge is 0.0462 e. The van der Waals surface area contributed by atoms with Gasteiger partial charge in [0.05, 0.1) is 0 Å². The predicted molar refractivity (Wildman–Crippen MR) is 266 cm³/mol. The van der Waals surface area contributed by atoms with Crippen molar-refractivity contribution in [1.82, 2.24) is 0 Å². The molecule has 0 atom stereocenters.